The average molecular weight is 265 g/mol. The minimum atomic E-state index is -0.221. The van der Waals surface area contributed by atoms with Crippen LogP contribution < -0.4 is 21.1 Å². The van der Waals surface area contributed by atoms with Crippen LogP contribution >= 0.6 is 0 Å². The van der Waals surface area contributed by atoms with Gasteiger partial charge in [-0.05, 0) is 31.2 Å². The number of anilines is 1. The van der Waals surface area contributed by atoms with Gasteiger partial charge in [-0.15, -0.1) is 0 Å². The standard InChI is InChI=1S/C13H19N3O3/c1-2-15-13(18)9-16-12(17)7-8-19-11-5-3-10(14)4-6-11/h3-6H,2,7-9,14H2,1H3,(H,15,18)(H,16,17). The lowest BCUT2D eigenvalue weighted by Gasteiger charge is -2.07. The Morgan fingerprint density at radius 2 is 1.84 bits per heavy atom. The van der Waals surface area contributed by atoms with Crippen molar-refractivity contribution in [3.05, 3.63) is 24.3 Å². The number of carbonyl (C=O) groups excluding carboxylic acids is 2. The summed E-state index contributed by atoms with van der Waals surface area (Å²) in [5, 5.41) is 5.10. The zero-order valence-corrected chi connectivity index (χ0v) is 10.9. The number of nitrogen functional groups attached to an aromatic ring is 1. The van der Waals surface area contributed by atoms with Gasteiger partial charge in [0.15, 0.2) is 0 Å². The Kier molecular flexibility index (Phi) is 6.21. The topological polar surface area (TPSA) is 93.5 Å². The molecule has 0 atom stereocenters. The van der Waals surface area contributed by atoms with Crippen molar-refractivity contribution in [2.45, 2.75) is 13.3 Å². The fourth-order valence-corrected chi connectivity index (χ4v) is 1.35. The average Bonchev–Trinajstić information content (AvgIpc) is 2.39. The highest BCUT2D eigenvalue weighted by molar-refractivity contribution is 5.84. The van der Waals surface area contributed by atoms with Gasteiger partial charge < -0.3 is 21.1 Å². The molecule has 0 spiro atoms. The van der Waals surface area contributed by atoms with Crippen molar-refractivity contribution in [1.82, 2.24) is 10.6 Å². The molecule has 0 fully saturated rings. The summed E-state index contributed by atoms with van der Waals surface area (Å²) in [7, 11) is 0. The Balaban J connectivity index is 2.16. The molecule has 1 aromatic carbocycles. The largest absolute Gasteiger partial charge is 0.493 e. The summed E-state index contributed by atoms with van der Waals surface area (Å²) in [5.74, 6) is 0.239. The van der Waals surface area contributed by atoms with Gasteiger partial charge in [0.1, 0.15) is 5.75 Å². The maximum atomic E-state index is 11.4. The normalized spacial score (nSPS) is 9.74. The highest BCUT2D eigenvalue weighted by Gasteiger charge is 2.04. The van der Waals surface area contributed by atoms with E-state index >= 15 is 0 Å². The molecule has 0 bridgehead atoms. The lowest BCUT2D eigenvalue weighted by Crippen LogP contribution is -2.37. The van der Waals surface area contributed by atoms with Crippen LogP contribution in [-0.2, 0) is 9.59 Å². The number of rotatable bonds is 7. The molecule has 0 saturated heterocycles. The number of amides is 2. The van der Waals surface area contributed by atoms with Crippen LogP contribution in [0.1, 0.15) is 13.3 Å². The number of carbonyl (C=O) groups is 2. The fourth-order valence-electron chi connectivity index (χ4n) is 1.35. The Hall–Kier alpha value is -2.24. The van der Waals surface area contributed by atoms with Crippen LogP contribution in [0.3, 0.4) is 0 Å². The summed E-state index contributed by atoms with van der Waals surface area (Å²) in [6.45, 7) is 2.62. The van der Waals surface area contributed by atoms with Gasteiger partial charge in [-0.25, -0.2) is 0 Å². The van der Waals surface area contributed by atoms with Gasteiger partial charge in [0, 0.05) is 12.2 Å². The number of benzene rings is 1. The molecule has 0 aromatic heterocycles. The van der Waals surface area contributed by atoms with Crippen molar-refractivity contribution in [3.8, 4) is 5.75 Å². The van der Waals surface area contributed by atoms with E-state index in [0.29, 0.717) is 18.0 Å². The van der Waals surface area contributed by atoms with E-state index in [4.69, 9.17) is 10.5 Å². The van der Waals surface area contributed by atoms with E-state index in [1.54, 1.807) is 24.3 Å². The van der Waals surface area contributed by atoms with Crippen LogP contribution in [-0.4, -0.2) is 31.5 Å². The van der Waals surface area contributed by atoms with E-state index in [0.717, 1.165) is 0 Å². The third-order valence-corrected chi connectivity index (χ3v) is 2.30. The van der Waals surface area contributed by atoms with Crippen molar-refractivity contribution in [2.75, 3.05) is 25.4 Å². The van der Waals surface area contributed by atoms with E-state index in [1.165, 1.54) is 0 Å². The molecule has 0 unspecified atom stereocenters. The summed E-state index contributed by atoms with van der Waals surface area (Å²) in [5.41, 5.74) is 6.20. The Bertz CT molecular complexity index is 418. The summed E-state index contributed by atoms with van der Waals surface area (Å²) >= 11 is 0. The van der Waals surface area contributed by atoms with Crippen LogP contribution in [0.5, 0.6) is 5.75 Å². The molecule has 0 saturated carbocycles. The van der Waals surface area contributed by atoms with E-state index in [2.05, 4.69) is 10.6 Å². The highest BCUT2D eigenvalue weighted by atomic mass is 16.5. The molecular formula is C13H19N3O3. The quantitative estimate of drug-likeness (QED) is 0.618. The van der Waals surface area contributed by atoms with Crippen molar-refractivity contribution in [1.29, 1.82) is 0 Å². The SMILES string of the molecule is CCNC(=O)CNC(=O)CCOc1ccc(N)cc1. The van der Waals surface area contributed by atoms with Crippen LogP contribution in [0, 0.1) is 0 Å². The predicted molar refractivity (Wildman–Crippen MR) is 72.7 cm³/mol. The first-order valence-electron chi connectivity index (χ1n) is 6.13. The zero-order chi connectivity index (χ0) is 14.1. The third-order valence-electron chi connectivity index (χ3n) is 2.30. The molecule has 1 aromatic rings. The van der Waals surface area contributed by atoms with Crippen molar-refractivity contribution in [2.24, 2.45) is 0 Å². The number of hydrogen-bond donors (Lipinski definition) is 3. The highest BCUT2D eigenvalue weighted by Crippen LogP contribution is 2.12. The molecule has 19 heavy (non-hydrogen) atoms. The maximum Gasteiger partial charge on any atom is 0.239 e. The van der Waals surface area contributed by atoms with E-state index in [9.17, 15) is 9.59 Å². The van der Waals surface area contributed by atoms with Crippen molar-refractivity contribution in [3.63, 3.8) is 0 Å². The van der Waals surface area contributed by atoms with Crippen LogP contribution in [0.4, 0.5) is 5.69 Å². The molecule has 2 amide bonds. The number of nitrogens with one attached hydrogen (secondary N) is 2. The van der Waals surface area contributed by atoms with Gasteiger partial charge >= 0.3 is 0 Å². The van der Waals surface area contributed by atoms with Gasteiger partial charge in [-0.3, -0.25) is 9.59 Å². The van der Waals surface area contributed by atoms with Gasteiger partial charge in [0.2, 0.25) is 11.8 Å². The molecule has 6 nitrogen and oxygen atoms in total. The van der Waals surface area contributed by atoms with E-state index in [1.807, 2.05) is 6.92 Å². The second-order valence-electron chi connectivity index (χ2n) is 3.90. The van der Waals surface area contributed by atoms with Crippen LogP contribution in [0.2, 0.25) is 0 Å². The van der Waals surface area contributed by atoms with Crippen molar-refractivity contribution >= 4 is 17.5 Å². The minimum Gasteiger partial charge on any atom is -0.493 e. The van der Waals surface area contributed by atoms with E-state index < -0.39 is 0 Å². The molecular weight excluding hydrogens is 246 g/mol. The van der Waals surface area contributed by atoms with Crippen molar-refractivity contribution < 1.29 is 14.3 Å². The van der Waals surface area contributed by atoms with Gasteiger partial charge in [0.25, 0.3) is 0 Å². The first-order chi connectivity index (χ1) is 9.11. The second kappa shape index (κ2) is 7.97. The molecule has 0 aliphatic carbocycles. The van der Waals surface area contributed by atoms with Crippen LogP contribution in [0.15, 0.2) is 24.3 Å². The van der Waals surface area contributed by atoms with Gasteiger partial charge in [-0.1, -0.05) is 0 Å². The Labute approximate surface area is 112 Å². The second-order valence-corrected chi connectivity index (χ2v) is 3.90. The summed E-state index contributed by atoms with van der Waals surface area (Å²) in [6.07, 6.45) is 0.198. The first-order valence-corrected chi connectivity index (χ1v) is 6.13. The molecule has 1 rings (SSSR count). The van der Waals surface area contributed by atoms with Gasteiger partial charge in [-0.2, -0.15) is 0 Å². The van der Waals surface area contributed by atoms with E-state index in [-0.39, 0.29) is 31.4 Å². The summed E-state index contributed by atoms with van der Waals surface area (Å²) in [6, 6.07) is 6.93. The number of ether oxygens (including phenoxy) is 1. The molecule has 6 heteroatoms. The lowest BCUT2D eigenvalue weighted by atomic mass is 10.3. The summed E-state index contributed by atoms with van der Waals surface area (Å²) < 4.78 is 5.37. The number of nitrogens with two attached hydrogens (primary N) is 1. The number of hydrogen-bond acceptors (Lipinski definition) is 4. The molecule has 0 radical (unpaired) electrons. The third kappa shape index (κ3) is 6.30. The smallest absolute Gasteiger partial charge is 0.239 e. The molecule has 4 N–H and O–H groups in total. The predicted octanol–water partition coefficient (Wildman–Crippen LogP) is 0.290. The Morgan fingerprint density at radius 1 is 1.16 bits per heavy atom. The zero-order valence-electron chi connectivity index (χ0n) is 10.9. The molecule has 104 valence electrons. The molecule has 0 heterocycles. The minimum absolute atomic E-state index is 0.00541. The van der Waals surface area contributed by atoms with Crippen LogP contribution in [0.25, 0.3) is 0 Å². The molecule has 0 aliphatic rings. The Morgan fingerprint density at radius 3 is 2.47 bits per heavy atom. The summed E-state index contributed by atoms with van der Waals surface area (Å²) in [4.78, 5) is 22.5. The first kappa shape index (κ1) is 14.8. The monoisotopic (exact) mass is 265 g/mol. The fraction of sp³-hybridized carbons (Fsp3) is 0.385. The molecule has 0 aliphatic heterocycles. The number of likely N-dealkylation sites (N-methyl/N-ethyl adjacent to an activating group) is 1. The van der Waals surface area contributed by atoms with Gasteiger partial charge in [0.05, 0.1) is 19.6 Å². The lowest BCUT2D eigenvalue weighted by molar-refractivity contribution is -0.126. The maximum absolute atomic E-state index is 11.4.